The number of hydrogen-bond acceptors (Lipinski definition) is 2. The lowest BCUT2D eigenvalue weighted by Crippen LogP contribution is -2.38. The number of rotatable bonds is 3. The Morgan fingerprint density at radius 2 is 2.00 bits per heavy atom. The van der Waals surface area contributed by atoms with E-state index >= 15 is 0 Å². The first-order valence-corrected chi connectivity index (χ1v) is 7.63. The Hall–Kier alpha value is -0.770. The molecule has 0 saturated heterocycles. The fraction of sp³-hybridized carbons (Fsp3) is 0.533. The average Bonchev–Trinajstić information content (AvgIpc) is 2.43. The molecule has 0 heterocycles. The van der Waals surface area contributed by atoms with Crippen LogP contribution in [0.5, 0.6) is 0 Å². The molecule has 1 aliphatic carbocycles. The standard InChI is InChI=1S/C15H19Cl2NO2/c1-18(9-11-4-2-3-5-14(11)19)15(20)10-6-7-12(16)13(17)8-10/h6-8,11,14,19H,2-5,9H2,1H3. The lowest BCUT2D eigenvalue weighted by Gasteiger charge is -2.31. The number of benzene rings is 1. The third-order valence-corrected chi connectivity index (χ3v) is 4.63. The molecule has 2 unspecified atom stereocenters. The normalized spacial score (nSPS) is 22.6. The lowest BCUT2D eigenvalue weighted by molar-refractivity contribution is 0.0451. The first-order chi connectivity index (χ1) is 9.49. The molecular formula is C15H19Cl2NO2. The first-order valence-electron chi connectivity index (χ1n) is 6.87. The maximum absolute atomic E-state index is 12.3. The second-order valence-electron chi connectivity index (χ2n) is 5.43. The lowest BCUT2D eigenvalue weighted by atomic mass is 9.86. The minimum absolute atomic E-state index is 0.0960. The fourth-order valence-corrected chi connectivity index (χ4v) is 2.98. The summed E-state index contributed by atoms with van der Waals surface area (Å²) in [5.74, 6) is 0.0711. The molecule has 1 fully saturated rings. The topological polar surface area (TPSA) is 40.5 Å². The van der Waals surface area contributed by atoms with Crippen LogP contribution in [0, 0.1) is 5.92 Å². The van der Waals surface area contributed by atoms with E-state index in [4.69, 9.17) is 23.2 Å². The predicted octanol–water partition coefficient (Wildman–Crippen LogP) is 3.62. The van der Waals surface area contributed by atoms with Crippen molar-refractivity contribution in [2.24, 2.45) is 5.92 Å². The van der Waals surface area contributed by atoms with E-state index < -0.39 is 0 Å². The Bertz CT molecular complexity index is 493. The zero-order chi connectivity index (χ0) is 14.7. The van der Waals surface area contributed by atoms with Gasteiger partial charge < -0.3 is 10.0 Å². The number of halogens is 2. The quantitative estimate of drug-likeness (QED) is 0.925. The number of aliphatic hydroxyl groups excluding tert-OH is 1. The molecular weight excluding hydrogens is 297 g/mol. The number of nitrogens with zero attached hydrogens (tertiary/aromatic N) is 1. The zero-order valence-corrected chi connectivity index (χ0v) is 13.0. The van der Waals surface area contributed by atoms with Crippen LogP contribution in [-0.4, -0.2) is 35.6 Å². The number of carbonyl (C=O) groups excluding carboxylic acids is 1. The van der Waals surface area contributed by atoms with Gasteiger partial charge in [0.15, 0.2) is 0 Å². The summed E-state index contributed by atoms with van der Waals surface area (Å²) in [6.45, 7) is 0.570. The van der Waals surface area contributed by atoms with Crippen molar-refractivity contribution in [2.75, 3.05) is 13.6 Å². The van der Waals surface area contributed by atoms with E-state index in [1.807, 2.05) is 0 Å². The number of hydrogen-bond donors (Lipinski definition) is 1. The molecule has 1 aromatic rings. The van der Waals surface area contributed by atoms with Crippen LogP contribution in [0.15, 0.2) is 18.2 Å². The van der Waals surface area contributed by atoms with Gasteiger partial charge in [-0.25, -0.2) is 0 Å². The Labute approximate surface area is 129 Å². The van der Waals surface area contributed by atoms with Gasteiger partial charge in [-0.2, -0.15) is 0 Å². The number of amides is 1. The summed E-state index contributed by atoms with van der Waals surface area (Å²) in [6.07, 6.45) is 3.70. The van der Waals surface area contributed by atoms with Crippen LogP contribution in [0.4, 0.5) is 0 Å². The average molecular weight is 316 g/mol. The second-order valence-corrected chi connectivity index (χ2v) is 6.24. The van der Waals surface area contributed by atoms with Crippen LogP contribution in [0.2, 0.25) is 10.0 Å². The third-order valence-electron chi connectivity index (χ3n) is 3.89. The van der Waals surface area contributed by atoms with Crippen LogP contribution in [-0.2, 0) is 0 Å². The summed E-state index contributed by atoms with van der Waals surface area (Å²) in [5.41, 5.74) is 0.521. The maximum Gasteiger partial charge on any atom is 0.253 e. The van der Waals surface area contributed by atoms with Gasteiger partial charge in [-0.1, -0.05) is 36.0 Å². The molecule has 0 bridgehead atoms. The highest BCUT2D eigenvalue weighted by atomic mass is 35.5. The van der Waals surface area contributed by atoms with Gasteiger partial charge in [0.1, 0.15) is 0 Å². The molecule has 5 heteroatoms. The summed E-state index contributed by atoms with van der Waals surface area (Å²) < 4.78 is 0. The molecule has 20 heavy (non-hydrogen) atoms. The molecule has 110 valence electrons. The maximum atomic E-state index is 12.3. The monoisotopic (exact) mass is 315 g/mol. The minimum atomic E-state index is -0.298. The van der Waals surface area contributed by atoms with Gasteiger partial charge in [0, 0.05) is 25.1 Å². The molecule has 2 rings (SSSR count). The van der Waals surface area contributed by atoms with Crippen LogP contribution in [0.3, 0.4) is 0 Å². The molecule has 1 saturated carbocycles. The number of aliphatic hydroxyl groups is 1. The highest BCUT2D eigenvalue weighted by Crippen LogP contribution is 2.26. The second kappa shape index (κ2) is 6.79. The molecule has 1 N–H and O–H groups in total. The van der Waals surface area contributed by atoms with Crippen molar-refractivity contribution < 1.29 is 9.90 Å². The van der Waals surface area contributed by atoms with Crippen LogP contribution >= 0.6 is 23.2 Å². The highest BCUT2D eigenvalue weighted by molar-refractivity contribution is 6.42. The van der Waals surface area contributed by atoms with Gasteiger partial charge in [0.2, 0.25) is 0 Å². The molecule has 2 atom stereocenters. The largest absolute Gasteiger partial charge is 0.393 e. The van der Waals surface area contributed by atoms with Crippen LogP contribution < -0.4 is 0 Å². The van der Waals surface area contributed by atoms with E-state index in [1.165, 1.54) is 0 Å². The molecule has 1 aliphatic rings. The van der Waals surface area contributed by atoms with Crippen molar-refractivity contribution >= 4 is 29.1 Å². The van der Waals surface area contributed by atoms with E-state index in [-0.39, 0.29) is 17.9 Å². The molecule has 1 aromatic carbocycles. The molecule has 0 spiro atoms. The third kappa shape index (κ3) is 3.66. The van der Waals surface area contributed by atoms with E-state index in [0.29, 0.717) is 22.2 Å². The van der Waals surface area contributed by atoms with Crippen molar-refractivity contribution in [3.8, 4) is 0 Å². The molecule has 1 amide bonds. The van der Waals surface area contributed by atoms with Crippen molar-refractivity contribution in [1.29, 1.82) is 0 Å². The summed E-state index contributed by atoms with van der Waals surface area (Å²) in [4.78, 5) is 14.0. The molecule has 0 radical (unpaired) electrons. The summed E-state index contributed by atoms with van der Waals surface area (Å²) in [7, 11) is 1.76. The van der Waals surface area contributed by atoms with Gasteiger partial charge in [0.05, 0.1) is 16.1 Å². The Morgan fingerprint density at radius 1 is 1.30 bits per heavy atom. The summed E-state index contributed by atoms with van der Waals surface area (Å²) in [5, 5.41) is 10.8. The summed E-state index contributed by atoms with van der Waals surface area (Å²) in [6, 6.07) is 4.88. The smallest absolute Gasteiger partial charge is 0.253 e. The molecule has 0 aromatic heterocycles. The van der Waals surface area contributed by atoms with E-state index in [0.717, 1.165) is 25.7 Å². The van der Waals surface area contributed by atoms with Gasteiger partial charge in [-0.15, -0.1) is 0 Å². The van der Waals surface area contributed by atoms with Crippen molar-refractivity contribution in [3.05, 3.63) is 33.8 Å². The Morgan fingerprint density at radius 3 is 2.65 bits per heavy atom. The number of carbonyl (C=O) groups is 1. The predicted molar refractivity (Wildman–Crippen MR) is 81.4 cm³/mol. The van der Waals surface area contributed by atoms with Crippen molar-refractivity contribution in [2.45, 2.75) is 31.8 Å². The van der Waals surface area contributed by atoms with Gasteiger partial charge in [-0.3, -0.25) is 4.79 Å². The van der Waals surface area contributed by atoms with E-state index in [1.54, 1.807) is 30.1 Å². The van der Waals surface area contributed by atoms with E-state index in [9.17, 15) is 9.90 Å². The van der Waals surface area contributed by atoms with Crippen molar-refractivity contribution in [1.82, 2.24) is 4.90 Å². The van der Waals surface area contributed by atoms with Crippen LogP contribution in [0.1, 0.15) is 36.0 Å². The molecule has 3 nitrogen and oxygen atoms in total. The first kappa shape index (κ1) is 15.6. The highest BCUT2D eigenvalue weighted by Gasteiger charge is 2.26. The van der Waals surface area contributed by atoms with Gasteiger partial charge in [-0.05, 0) is 31.0 Å². The Balaban J connectivity index is 2.02. The zero-order valence-electron chi connectivity index (χ0n) is 11.5. The van der Waals surface area contributed by atoms with Crippen LogP contribution in [0.25, 0.3) is 0 Å². The Kier molecular flexibility index (Phi) is 5.30. The van der Waals surface area contributed by atoms with Crippen molar-refractivity contribution in [3.63, 3.8) is 0 Å². The van der Waals surface area contributed by atoms with Gasteiger partial charge in [0.25, 0.3) is 5.91 Å². The minimum Gasteiger partial charge on any atom is -0.393 e. The molecule has 0 aliphatic heterocycles. The van der Waals surface area contributed by atoms with Gasteiger partial charge >= 0.3 is 0 Å². The SMILES string of the molecule is CN(CC1CCCCC1O)C(=O)c1ccc(Cl)c(Cl)c1. The fourth-order valence-electron chi connectivity index (χ4n) is 2.69. The summed E-state index contributed by atoms with van der Waals surface area (Å²) >= 11 is 11.8. The van der Waals surface area contributed by atoms with E-state index in [2.05, 4.69) is 0 Å².